The van der Waals surface area contributed by atoms with E-state index in [2.05, 4.69) is 10.3 Å². The topological polar surface area (TPSA) is 77.2 Å². The first-order chi connectivity index (χ1) is 10.7. The van der Waals surface area contributed by atoms with Gasteiger partial charge in [0.25, 0.3) is 0 Å². The third-order valence-electron chi connectivity index (χ3n) is 3.12. The van der Waals surface area contributed by atoms with Crippen LogP contribution in [0.2, 0.25) is 0 Å². The van der Waals surface area contributed by atoms with E-state index in [1.807, 2.05) is 31.2 Å². The molecule has 0 aliphatic heterocycles. The number of hydrogen-bond donors (Lipinski definition) is 2. The van der Waals surface area contributed by atoms with Crippen LogP contribution in [-0.4, -0.2) is 17.5 Å². The Balaban J connectivity index is 1.86. The molecule has 116 valence electrons. The van der Waals surface area contributed by atoms with Gasteiger partial charge in [0.15, 0.2) is 0 Å². The minimum Gasteiger partial charge on any atom is -0.491 e. The number of aryl methyl sites for hydroxylation is 1. The molecular weight excluding hydrogens is 278 g/mol. The maximum Gasteiger partial charge on any atom is 0.224 e. The molecule has 0 unspecified atom stereocenters. The third kappa shape index (κ3) is 4.77. The van der Waals surface area contributed by atoms with Gasteiger partial charge in [0, 0.05) is 12.6 Å². The summed E-state index contributed by atoms with van der Waals surface area (Å²) < 4.78 is 5.53. The minimum atomic E-state index is -0.0436. The van der Waals surface area contributed by atoms with Gasteiger partial charge in [0.05, 0.1) is 24.2 Å². The number of nitrogens with two attached hydrogens (primary N) is 1. The number of ether oxygens (including phenoxy) is 1. The van der Waals surface area contributed by atoms with E-state index in [1.165, 1.54) is 0 Å². The van der Waals surface area contributed by atoms with E-state index in [-0.39, 0.29) is 5.91 Å². The molecule has 2 rings (SSSR count). The molecule has 22 heavy (non-hydrogen) atoms. The Hall–Kier alpha value is -2.56. The van der Waals surface area contributed by atoms with E-state index in [1.54, 1.807) is 18.5 Å². The highest BCUT2D eigenvalue weighted by Gasteiger charge is 2.06. The molecule has 0 atom stereocenters. The van der Waals surface area contributed by atoms with Gasteiger partial charge in [0.2, 0.25) is 5.91 Å². The van der Waals surface area contributed by atoms with E-state index in [0.29, 0.717) is 36.6 Å². The smallest absolute Gasteiger partial charge is 0.224 e. The van der Waals surface area contributed by atoms with Crippen LogP contribution in [0.5, 0.6) is 5.75 Å². The van der Waals surface area contributed by atoms with E-state index in [4.69, 9.17) is 10.5 Å². The lowest BCUT2D eigenvalue weighted by Gasteiger charge is -2.10. The lowest BCUT2D eigenvalue weighted by Crippen LogP contribution is -2.12. The standard InChI is InChI=1S/C17H21N3O2/c1-2-10-22-16-7-5-13(11-15(16)18)6-8-17(21)20-14-4-3-9-19-12-14/h3-5,7,9,11-12H,2,6,8,10,18H2,1H3,(H,20,21). The van der Waals surface area contributed by atoms with Crippen LogP contribution in [0, 0.1) is 0 Å². The van der Waals surface area contributed by atoms with E-state index >= 15 is 0 Å². The van der Waals surface area contributed by atoms with Crippen LogP contribution in [0.4, 0.5) is 11.4 Å². The molecule has 3 N–H and O–H groups in total. The Kier molecular flexibility index (Phi) is 5.77. The van der Waals surface area contributed by atoms with Crippen molar-refractivity contribution in [1.82, 2.24) is 4.98 Å². The maximum atomic E-state index is 11.9. The number of nitrogens with zero attached hydrogens (tertiary/aromatic N) is 1. The molecule has 2 aromatic rings. The lowest BCUT2D eigenvalue weighted by molar-refractivity contribution is -0.116. The zero-order valence-electron chi connectivity index (χ0n) is 12.7. The third-order valence-corrected chi connectivity index (χ3v) is 3.12. The normalized spacial score (nSPS) is 10.2. The van der Waals surface area contributed by atoms with Crippen molar-refractivity contribution in [2.75, 3.05) is 17.7 Å². The second-order valence-corrected chi connectivity index (χ2v) is 5.01. The van der Waals surface area contributed by atoms with Gasteiger partial charge < -0.3 is 15.8 Å². The van der Waals surface area contributed by atoms with Crippen molar-refractivity contribution in [3.05, 3.63) is 48.3 Å². The highest BCUT2D eigenvalue weighted by Crippen LogP contribution is 2.23. The average Bonchev–Trinajstić information content (AvgIpc) is 2.53. The van der Waals surface area contributed by atoms with Crippen molar-refractivity contribution < 1.29 is 9.53 Å². The van der Waals surface area contributed by atoms with Gasteiger partial charge in [-0.25, -0.2) is 0 Å². The number of amides is 1. The quantitative estimate of drug-likeness (QED) is 0.770. The van der Waals surface area contributed by atoms with Crippen LogP contribution >= 0.6 is 0 Å². The number of carbonyl (C=O) groups is 1. The maximum absolute atomic E-state index is 11.9. The number of nitrogen functional groups attached to an aromatic ring is 1. The molecule has 1 aromatic heterocycles. The Morgan fingerprint density at radius 2 is 2.23 bits per heavy atom. The molecule has 5 heteroatoms. The average molecular weight is 299 g/mol. The summed E-state index contributed by atoms with van der Waals surface area (Å²) in [6.07, 6.45) is 5.25. The van der Waals surface area contributed by atoms with Crippen molar-refractivity contribution >= 4 is 17.3 Å². The van der Waals surface area contributed by atoms with Gasteiger partial charge >= 0.3 is 0 Å². The Bertz CT molecular complexity index is 615. The molecule has 5 nitrogen and oxygen atoms in total. The Morgan fingerprint density at radius 1 is 1.36 bits per heavy atom. The second-order valence-electron chi connectivity index (χ2n) is 5.01. The zero-order chi connectivity index (χ0) is 15.8. The van der Waals surface area contributed by atoms with Gasteiger partial charge in [-0.2, -0.15) is 0 Å². The molecule has 0 aliphatic rings. The molecule has 0 radical (unpaired) electrons. The largest absolute Gasteiger partial charge is 0.491 e. The summed E-state index contributed by atoms with van der Waals surface area (Å²) >= 11 is 0. The molecule has 0 saturated heterocycles. The molecule has 0 aliphatic carbocycles. The highest BCUT2D eigenvalue weighted by atomic mass is 16.5. The van der Waals surface area contributed by atoms with Gasteiger partial charge in [-0.3, -0.25) is 9.78 Å². The highest BCUT2D eigenvalue weighted by molar-refractivity contribution is 5.90. The van der Waals surface area contributed by atoms with Gasteiger partial charge in [-0.15, -0.1) is 0 Å². The van der Waals surface area contributed by atoms with Crippen LogP contribution in [0.25, 0.3) is 0 Å². The minimum absolute atomic E-state index is 0.0436. The number of anilines is 2. The predicted octanol–water partition coefficient (Wildman–Crippen LogP) is 3.02. The molecule has 0 fully saturated rings. The van der Waals surface area contributed by atoms with Crippen LogP contribution in [0.3, 0.4) is 0 Å². The first kappa shape index (κ1) is 15.8. The molecule has 1 amide bonds. The monoisotopic (exact) mass is 299 g/mol. The molecule has 0 spiro atoms. The SMILES string of the molecule is CCCOc1ccc(CCC(=O)Nc2cccnc2)cc1N. The van der Waals surface area contributed by atoms with Crippen molar-refractivity contribution in [3.63, 3.8) is 0 Å². The number of hydrogen-bond acceptors (Lipinski definition) is 4. The van der Waals surface area contributed by atoms with Crippen LogP contribution in [0.15, 0.2) is 42.7 Å². The fourth-order valence-electron chi connectivity index (χ4n) is 2.01. The molecule has 0 bridgehead atoms. The van der Waals surface area contributed by atoms with E-state index in [9.17, 15) is 4.79 Å². The first-order valence-electron chi connectivity index (χ1n) is 7.40. The van der Waals surface area contributed by atoms with Crippen molar-refractivity contribution in [1.29, 1.82) is 0 Å². The molecule has 1 heterocycles. The van der Waals surface area contributed by atoms with Crippen LogP contribution < -0.4 is 15.8 Å². The number of carbonyl (C=O) groups excluding carboxylic acids is 1. The summed E-state index contributed by atoms with van der Waals surface area (Å²) in [6.45, 7) is 2.70. The summed E-state index contributed by atoms with van der Waals surface area (Å²) in [5.74, 6) is 0.656. The Labute approximate surface area is 130 Å². The van der Waals surface area contributed by atoms with E-state index < -0.39 is 0 Å². The van der Waals surface area contributed by atoms with Gasteiger partial charge in [-0.1, -0.05) is 13.0 Å². The van der Waals surface area contributed by atoms with Crippen molar-refractivity contribution in [3.8, 4) is 5.75 Å². The number of nitrogens with one attached hydrogen (secondary N) is 1. The van der Waals surface area contributed by atoms with Crippen LogP contribution in [0.1, 0.15) is 25.3 Å². The predicted molar refractivity (Wildman–Crippen MR) is 87.8 cm³/mol. The fraction of sp³-hybridized carbons (Fsp3) is 0.294. The number of rotatable bonds is 7. The summed E-state index contributed by atoms with van der Waals surface area (Å²) in [5, 5.41) is 2.81. The van der Waals surface area contributed by atoms with E-state index in [0.717, 1.165) is 12.0 Å². The number of aromatic nitrogens is 1. The Morgan fingerprint density at radius 3 is 2.91 bits per heavy atom. The fourth-order valence-corrected chi connectivity index (χ4v) is 2.01. The lowest BCUT2D eigenvalue weighted by atomic mass is 10.1. The number of benzene rings is 1. The van der Waals surface area contributed by atoms with Gasteiger partial charge in [0.1, 0.15) is 5.75 Å². The zero-order valence-corrected chi connectivity index (χ0v) is 12.7. The molecular formula is C17H21N3O2. The van der Waals surface area contributed by atoms with Gasteiger partial charge in [-0.05, 0) is 42.7 Å². The first-order valence-corrected chi connectivity index (χ1v) is 7.40. The molecule has 1 aromatic carbocycles. The summed E-state index contributed by atoms with van der Waals surface area (Å²) in [5.41, 5.74) is 8.29. The van der Waals surface area contributed by atoms with Crippen molar-refractivity contribution in [2.24, 2.45) is 0 Å². The molecule has 0 saturated carbocycles. The number of pyridine rings is 1. The summed E-state index contributed by atoms with van der Waals surface area (Å²) in [6, 6.07) is 9.26. The second kappa shape index (κ2) is 8.02. The summed E-state index contributed by atoms with van der Waals surface area (Å²) in [4.78, 5) is 15.8. The summed E-state index contributed by atoms with van der Waals surface area (Å²) in [7, 11) is 0. The van der Waals surface area contributed by atoms with Crippen molar-refractivity contribution in [2.45, 2.75) is 26.2 Å². The van der Waals surface area contributed by atoms with Crippen LogP contribution in [-0.2, 0) is 11.2 Å².